The first kappa shape index (κ1) is 15.0. The fourth-order valence-electron chi connectivity index (χ4n) is 1.86. The molecule has 3 heterocycles. The molecule has 0 aliphatic heterocycles. The summed E-state index contributed by atoms with van der Waals surface area (Å²) < 4.78 is 6.38. The molecule has 0 aromatic carbocycles. The molecule has 0 fully saturated rings. The Morgan fingerprint density at radius 2 is 2.30 bits per heavy atom. The van der Waals surface area contributed by atoms with Crippen molar-refractivity contribution in [1.29, 1.82) is 0 Å². The van der Waals surface area contributed by atoms with Gasteiger partial charge in [-0.05, 0) is 23.8 Å². The van der Waals surface area contributed by atoms with E-state index in [1.165, 1.54) is 24.6 Å². The summed E-state index contributed by atoms with van der Waals surface area (Å²) in [7, 11) is 1.35. The average Bonchev–Trinajstić information content (AvgIpc) is 3.22. The quantitative estimate of drug-likeness (QED) is 0.668. The molecule has 0 aliphatic carbocycles. The molecule has 23 heavy (non-hydrogen) atoms. The summed E-state index contributed by atoms with van der Waals surface area (Å²) in [5, 5.41) is 8.84. The van der Waals surface area contributed by atoms with Crippen molar-refractivity contribution in [3.05, 3.63) is 58.1 Å². The van der Waals surface area contributed by atoms with Gasteiger partial charge in [0.05, 0.1) is 26.0 Å². The maximum Gasteiger partial charge on any atom is 0.349 e. The largest absolute Gasteiger partial charge is 0.465 e. The summed E-state index contributed by atoms with van der Waals surface area (Å²) >= 11 is 1.26. The van der Waals surface area contributed by atoms with Crippen molar-refractivity contribution in [2.45, 2.75) is 6.54 Å². The minimum absolute atomic E-state index is 0.385. The van der Waals surface area contributed by atoms with E-state index >= 15 is 0 Å². The minimum atomic E-state index is -0.385. The highest BCUT2D eigenvalue weighted by Crippen LogP contribution is 2.16. The molecule has 3 aromatic rings. The van der Waals surface area contributed by atoms with E-state index in [1.54, 1.807) is 29.2 Å². The lowest BCUT2D eigenvalue weighted by Gasteiger charge is -1.98. The van der Waals surface area contributed by atoms with Gasteiger partial charge in [0.25, 0.3) is 0 Å². The smallest absolute Gasteiger partial charge is 0.349 e. The van der Waals surface area contributed by atoms with Gasteiger partial charge in [-0.15, -0.1) is 16.4 Å². The van der Waals surface area contributed by atoms with Gasteiger partial charge in [-0.25, -0.2) is 14.5 Å². The van der Waals surface area contributed by atoms with E-state index in [1.807, 2.05) is 18.3 Å². The molecule has 8 heteroatoms. The van der Waals surface area contributed by atoms with Crippen LogP contribution in [-0.2, 0) is 11.3 Å². The number of rotatable bonds is 5. The molecule has 0 radical (unpaired) electrons. The van der Waals surface area contributed by atoms with E-state index < -0.39 is 0 Å². The maximum absolute atomic E-state index is 11.4. The topological polar surface area (TPSA) is 82.8 Å². The highest BCUT2D eigenvalue weighted by Gasteiger charge is 2.08. The molecule has 0 atom stereocenters. The van der Waals surface area contributed by atoms with Crippen molar-refractivity contribution in [3.8, 4) is 0 Å². The number of carbonyl (C=O) groups is 1. The number of pyridine rings is 1. The van der Waals surface area contributed by atoms with Gasteiger partial charge in [0.2, 0.25) is 0 Å². The van der Waals surface area contributed by atoms with Crippen LogP contribution in [0.25, 0.3) is 12.2 Å². The minimum Gasteiger partial charge on any atom is -0.465 e. The summed E-state index contributed by atoms with van der Waals surface area (Å²) in [5.41, 5.74) is 1.76. The Hall–Kier alpha value is -2.87. The third kappa shape index (κ3) is 3.86. The second-order valence-corrected chi connectivity index (χ2v) is 5.65. The predicted molar refractivity (Wildman–Crippen MR) is 85.7 cm³/mol. The van der Waals surface area contributed by atoms with Gasteiger partial charge in [-0.1, -0.05) is 11.3 Å². The second kappa shape index (κ2) is 6.93. The van der Waals surface area contributed by atoms with Crippen LogP contribution in [0.3, 0.4) is 0 Å². The van der Waals surface area contributed by atoms with Gasteiger partial charge in [0, 0.05) is 12.4 Å². The average molecular weight is 327 g/mol. The van der Waals surface area contributed by atoms with Gasteiger partial charge in [-0.3, -0.25) is 4.98 Å². The summed E-state index contributed by atoms with van der Waals surface area (Å²) in [6.45, 7) is 0.610. The Bertz CT molecular complexity index is 825. The first-order valence-electron chi connectivity index (χ1n) is 6.76. The number of nitrogens with zero attached hydrogens (tertiary/aromatic N) is 5. The third-order valence-electron chi connectivity index (χ3n) is 2.93. The number of methoxy groups -OCH3 is 1. The Balaban J connectivity index is 1.66. The Labute approximate surface area is 136 Å². The van der Waals surface area contributed by atoms with Crippen molar-refractivity contribution in [2.75, 3.05) is 7.11 Å². The highest BCUT2D eigenvalue weighted by atomic mass is 32.1. The van der Waals surface area contributed by atoms with E-state index in [-0.39, 0.29) is 5.97 Å². The summed E-state index contributed by atoms with van der Waals surface area (Å²) in [6.07, 6.45) is 10.4. The molecule has 7 nitrogen and oxygen atoms in total. The highest BCUT2D eigenvalue weighted by molar-refractivity contribution is 7.14. The van der Waals surface area contributed by atoms with Gasteiger partial charge < -0.3 is 4.74 Å². The zero-order chi connectivity index (χ0) is 16.1. The first-order chi connectivity index (χ1) is 11.2. The fourth-order valence-corrected chi connectivity index (χ4v) is 2.60. The molecule has 0 spiro atoms. The number of esters is 1. The SMILES string of the molecule is COC(=O)c1cnc(/C=C/c2cn(Cc3cccnc3)nn2)s1. The molecule has 3 rings (SSSR count). The summed E-state index contributed by atoms with van der Waals surface area (Å²) in [6, 6.07) is 3.86. The normalized spacial score (nSPS) is 11.0. The maximum atomic E-state index is 11.4. The standard InChI is InChI=1S/C15H13N5O2S/c1-22-15(21)13-8-17-14(23-13)5-4-12-10-20(19-18-12)9-11-3-2-6-16-7-11/h2-8,10H,9H2,1H3/b5-4+. The van der Waals surface area contributed by atoms with Crippen LogP contribution in [0.5, 0.6) is 0 Å². The van der Waals surface area contributed by atoms with E-state index in [2.05, 4.69) is 25.0 Å². The van der Waals surface area contributed by atoms with E-state index in [0.29, 0.717) is 22.1 Å². The van der Waals surface area contributed by atoms with E-state index in [4.69, 9.17) is 0 Å². The molecule has 0 unspecified atom stereocenters. The Kier molecular flexibility index (Phi) is 4.53. The molecule has 0 N–H and O–H groups in total. The molecular formula is C15H13N5O2S. The molecule has 116 valence electrons. The Morgan fingerprint density at radius 1 is 1.39 bits per heavy atom. The monoisotopic (exact) mass is 327 g/mol. The van der Waals surface area contributed by atoms with E-state index in [0.717, 1.165) is 5.56 Å². The van der Waals surface area contributed by atoms with Crippen molar-refractivity contribution in [3.63, 3.8) is 0 Å². The zero-order valence-corrected chi connectivity index (χ0v) is 13.1. The van der Waals surface area contributed by atoms with E-state index in [9.17, 15) is 4.79 Å². The summed E-state index contributed by atoms with van der Waals surface area (Å²) in [5.74, 6) is -0.385. The number of hydrogen-bond donors (Lipinski definition) is 0. The van der Waals surface area contributed by atoms with Crippen LogP contribution in [0.15, 0.2) is 36.9 Å². The second-order valence-electron chi connectivity index (χ2n) is 4.59. The summed E-state index contributed by atoms with van der Waals surface area (Å²) in [4.78, 5) is 20.0. The van der Waals surface area contributed by atoms with Gasteiger partial charge >= 0.3 is 5.97 Å². The molecule has 0 aliphatic rings. The van der Waals surface area contributed by atoms with Crippen molar-refractivity contribution >= 4 is 29.5 Å². The Morgan fingerprint density at radius 3 is 3.09 bits per heavy atom. The van der Waals surface area contributed by atoms with Crippen LogP contribution < -0.4 is 0 Å². The molecule has 0 amide bonds. The van der Waals surface area contributed by atoms with Crippen molar-refractivity contribution in [1.82, 2.24) is 25.0 Å². The zero-order valence-electron chi connectivity index (χ0n) is 12.3. The lowest BCUT2D eigenvalue weighted by molar-refractivity contribution is 0.0606. The van der Waals surface area contributed by atoms with Crippen LogP contribution >= 0.6 is 11.3 Å². The van der Waals surface area contributed by atoms with Crippen LogP contribution in [0.4, 0.5) is 0 Å². The van der Waals surface area contributed by atoms with Gasteiger partial charge in [-0.2, -0.15) is 0 Å². The molecule has 0 saturated heterocycles. The number of thiazole rings is 1. The lowest BCUT2D eigenvalue weighted by atomic mass is 10.3. The molecule has 0 bridgehead atoms. The fraction of sp³-hybridized carbons (Fsp3) is 0.133. The van der Waals surface area contributed by atoms with Crippen LogP contribution in [0.2, 0.25) is 0 Å². The van der Waals surface area contributed by atoms with Crippen LogP contribution in [0, 0.1) is 0 Å². The molecule has 3 aromatic heterocycles. The van der Waals surface area contributed by atoms with Crippen molar-refractivity contribution < 1.29 is 9.53 Å². The predicted octanol–water partition coefficient (Wildman–Crippen LogP) is 2.13. The number of carbonyl (C=O) groups excluding carboxylic acids is 1. The third-order valence-corrected chi connectivity index (χ3v) is 3.87. The van der Waals surface area contributed by atoms with Crippen LogP contribution in [-0.4, -0.2) is 38.0 Å². The molecular weight excluding hydrogens is 314 g/mol. The van der Waals surface area contributed by atoms with Gasteiger partial charge in [0.1, 0.15) is 15.6 Å². The number of ether oxygens (including phenoxy) is 1. The van der Waals surface area contributed by atoms with Crippen molar-refractivity contribution in [2.24, 2.45) is 0 Å². The number of hydrogen-bond acceptors (Lipinski definition) is 7. The van der Waals surface area contributed by atoms with Gasteiger partial charge in [0.15, 0.2) is 0 Å². The van der Waals surface area contributed by atoms with Crippen LogP contribution in [0.1, 0.15) is 25.9 Å². The molecule has 0 saturated carbocycles. The first-order valence-corrected chi connectivity index (χ1v) is 7.57. The number of aromatic nitrogens is 5. The lowest BCUT2D eigenvalue weighted by Crippen LogP contribution is -2.00.